The summed E-state index contributed by atoms with van der Waals surface area (Å²) in [5, 5.41) is 10.4. The molecule has 4 rings (SSSR count). The first-order valence-electron chi connectivity index (χ1n) is 11.0. The number of rotatable bonds is 5. The van der Waals surface area contributed by atoms with E-state index in [1.807, 2.05) is 38.1 Å². The molecule has 2 aliphatic heterocycles. The fourth-order valence-electron chi connectivity index (χ4n) is 4.94. The molecule has 3 atom stereocenters. The zero-order valence-electron chi connectivity index (χ0n) is 18.5. The van der Waals surface area contributed by atoms with E-state index in [9.17, 15) is 10.1 Å². The molecule has 31 heavy (non-hydrogen) atoms. The maximum absolute atomic E-state index is 11.8. The summed E-state index contributed by atoms with van der Waals surface area (Å²) in [4.78, 5) is 21.0. The summed E-state index contributed by atoms with van der Waals surface area (Å²) in [5.41, 5.74) is 7.58. The van der Waals surface area contributed by atoms with E-state index in [4.69, 9.17) is 10.5 Å². The summed E-state index contributed by atoms with van der Waals surface area (Å²) in [6.45, 7) is 10.2. The first-order chi connectivity index (χ1) is 14.8. The van der Waals surface area contributed by atoms with Crippen LogP contribution in [0.4, 0.5) is 5.69 Å². The highest BCUT2D eigenvalue weighted by molar-refractivity contribution is 5.95. The summed E-state index contributed by atoms with van der Waals surface area (Å²) < 4.78 is 6.28. The number of carbonyl (C=O) groups is 1. The normalized spacial score (nSPS) is 25.0. The molecule has 0 aliphatic carbocycles. The van der Waals surface area contributed by atoms with Gasteiger partial charge in [0.25, 0.3) is 0 Å². The van der Waals surface area contributed by atoms with Gasteiger partial charge in [-0.25, -0.2) is 0 Å². The fourth-order valence-corrected chi connectivity index (χ4v) is 4.94. The largest absolute Gasteiger partial charge is 0.370 e. The Morgan fingerprint density at radius 3 is 2.87 bits per heavy atom. The van der Waals surface area contributed by atoms with E-state index in [1.54, 1.807) is 6.20 Å². The Balaban J connectivity index is 1.50. The zero-order valence-corrected chi connectivity index (χ0v) is 18.5. The number of nitrogens with zero attached hydrogens (tertiary/aromatic N) is 4. The molecule has 0 radical (unpaired) electrons. The monoisotopic (exact) mass is 421 g/mol. The number of benzene rings is 1. The van der Waals surface area contributed by atoms with E-state index >= 15 is 0 Å². The van der Waals surface area contributed by atoms with Gasteiger partial charge >= 0.3 is 0 Å². The molecule has 7 nitrogen and oxygen atoms in total. The number of nitriles is 1. The highest BCUT2D eigenvalue weighted by Crippen LogP contribution is 2.35. The van der Waals surface area contributed by atoms with Crippen LogP contribution in [0.25, 0.3) is 10.9 Å². The van der Waals surface area contributed by atoms with Gasteiger partial charge in [0.05, 0.1) is 23.3 Å². The van der Waals surface area contributed by atoms with Gasteiger partial charge in [-0.1, -0.05) is 13.8 Å². The maximum Gasteiger partial charge on any atom is 0.223 e. The van der Waals surface area contributed by atoms with E-state index in [0.717, 1.165) is 55.7 Å². The Hall–Kier alpha value is -2.69. The lowest BCUT2D eigenvalue weighted by Gasteiger charge is -2.40. The second kappa shape index (κ2) is 8.45. The van der Waals surface area contributed by atoms with Crippen molar-refractivity contribution in [2.24, 2.45) is 17.1 Å². The number of anilines is 1. The Bertz CT molecular complexity index is 1010. The van der Waals surface area contributed by atoms with Crippen LogP contribution in [0.3, 0.4) is 0 Å². The minimum absolute atomic E-state index is 0.0709. The number of hydrogen-bond donors (Lipinski definition) is 1. The summed E-state index contributed by atoms with van der Waals surface area (Å²) in [6.07, 6.45) is 2.88. The summed E-state index contributed by atoms with van der Waals surface area (Å²) in [6, 6.07) is 10.1. The molecule has 7 heteroatoms. The van der Waals surface area contributed by atoms with Gasteiger partial charge in [-0.3, -0.25) is 9.78 Å². The van der Waals surface area contributed by atoms with Gasteiger partial charge < -0.3 is 20.3 Å². The zero-order chi connectivity index (χ0) is 22.2. The first kappa shape index (κ1) is 21.5. The molecule has 1 aromatic heterocycles. The van der Waals surface area contributed by atoms with Crippen LogP contribution in [0.5, 0.6) is 0 Å². The molecule has 1 amide bonds. The SMILES string of the molecule is C[C@@H]1CN(c2ccc(C#N)c3ncccc23)C[C@H](CN2CC[C@@H](C(C)(C)C(N)=O)C2)O1. The van der Waals surface area contributed by atoms with Crippen LogP contribution < -0.4 is 10.6 Å². The highest BCUT2D eigenvalue weighted by atomic mass is 16.5. The summed E-state index contributed by atoms with van der Waals surface area (Å²) >= 11 is 0. The average Bonchev–Trinajstić information content (AvgIpc) is 3.21. The van der Waals surface area contributed by atoms with Crippen LogP contribution in [0, 0.1) is 22.7 Å². The van der Waals surface area contributed by atoms with Crippen LogP contribution in [-0.2, 0) is 9.53 Å². The van der Waals surface area contributed by atoms with Crippen LogP contribution in [0.15, 0.2) is 30.5 Å². The van der Waals surface area contributed by atoms with E-state index in [-0.39, 0.29) is 24.0 Å². The number of hydrogen-bond acceptors (Lipinski definition) is 6. The van der Waals surface area contributed by atoms with Crippen molar-refractivity contribution in [3.05, 3.63) is 36.0 Å². The summed E-state index contributed by atoms with van der Waals surface area (Å²) in [7, 11) is 0. The molecule has 2 aliphatic rings. The van der Waals surface area contributed by atoms with Gasteiger partial charge in [-0.05, 0) is 50.1 Å². The molecule has 2 N–H and O–H groups in total. The van der Waals surface area contributed by atoms with Crippen LogP contribution >= 0.6 is 0 Å². The summed E-state index contributed by atoms with van der Waals surface area (Å²) in [5.74, 6) is 0.0463. The van der Waals surface area contributed by atoms with Gasteiger partial charge in [-0.15, -0.1) is 0 Å². The second-order valence-corrected chi connectivity index (χ2v) is 9.45. The van der Waals surface area contributed by atoms with Crippen LogP contribution in [0.2, 0.25) is 0 Å². The van der Waals surface area contributed by atoms with Crippen molar-refractivity contribution in [1.82, 2.24) is 9.88 Å². The average molecular weight is 422 g/mol. The molecular formula is C24H31N5O2. The molecule has 0 unspecified atom stereocenters. The quantitative estimate of drug-likeness (QED) is 0.797. The fraction of sp³-hybridized carbons (Fsp3) is 0.542. The lowest BCUT2D eigenvalue weighted by molar-refractivity contribution is -0.128. The van der Waals surface area contributed by atoms with Gasteiger partial charge in [0.15, 0.2) is 0 Å². The minimum Gasteiger partial charge on any atom is -0.370 e. The van der Waals surface area contributed by atoms with Gasteiger partial charge in [0.2, 0.25) is 5.91 Å². The molecule has 3 heterocycles. The van der Waals surface area contributed by atoms with Crippen molar-refractivity contribution >= 4 is 22.5 Å². The minimum atomic E-state index is -0.490. The Morgan fingerprint density at radius 2 is 2.13 bits per heavy atom. The van der Waals surface area contributed by atoms with Crippen molar-refractivity contribution < 1.29 is 9.53 Å². The van der Waals surface area contributed by atoms with Crippen LogP contribution in [-0.4, -0.2) is 60.7 Å². The van der Waals surface area contributed by atoms with E-state index in [1.165, 1.54) is 0 Å². The third kappa shape index (κ3) is 4.23. The molecular weight excluding hydrogens is 390 g/mol. The number of likely N-dealkylation sites (tertiary alicyclic amines) is 1. The Morgan fingerprint density at radius 1 is 1.32 bits per heavy atom. The maximum atomic E-state index is 11.8. The van der Waals surface area contributed by atoms with E-state index in [0.29, 0.717) is 5.56 Å². The van der Waals surface area contributed by atoms with E-state index < -0.39 is 5.41 Å². The topological polar surface area (TPSA) is 95.5 Å². The molecule has 2 saturated heterocycles. The number of primary amides is 1. The van der Waals surface area contributed by atoms with Crippen molar-refractivity contribution in [2.75, 3.05) is 37.6 Å². The van der Waals surface area contributed by atoms with Gasteiger partial charge in [0.1, 0.15) is 6.07 Å². The molecule has 2 fully saturated rings. The number of aromatic nitrogens is 1. The number of nitrogens with two attached hydrogens (primary N) is 1. The second-order valence-electron chi connectivity index (χ2n) is 9.45. The standard InChI is InChI=1S/C24H31N5O2/c1-16-12-29(21-7-6-17(11-25)22-20(21)5-4-9-27-22)15-19(31-16)14-28-10-8-18(13-28)24(2,3)23(26)30/h4-7,9,16,18-19H,8,10,12-15H2,1-3H3,(H2,26,30)/t16-,18-,19+/m1/s1. The molecule has 164 valence electrons. The van der Waals surface area contributed by atoms with Crippen molar-refractivity contribution in [1.29, 1.82) is 5.26 Å². The predicted molar refractivity (Wildman–Crippen MR) is 121 cm³/mol. The predicted octanol–water partition coefficient (Wildman–Crippen LogP) is 2.53. The lowest BCUT2D eigenvalue weighted by atomic mass is 9.78. The molecule has 0 spiro atoms. The van der Waals surface area contributed by atoms with Gasteiger partial charge in [-0.2, -0.15) is 5.26 Å². The third-order valence-corrected chi connectivity index (χ3v) is 6.92. The van der Waals surface area contributed by atoms with Crippen LogP contribution in [0.1, 0.15) is 32.8 Å². The third-order valence-electron chi connectivity index (χ3n) is 6.92. The van der Waals surface area contributed by atoms with Crippen molar-refractivity contribution in [3.8, 4) is 6.07 Å². The number of ether oxygens (including phenoxy) is 1. The number of amides is 1. The smallest absolute Gasteiger partial charge is 0.223 e. The number of fused-ring (bicyclic) bond motifs is 1. The van der Waals surface area contributed by atoms with E-state index in [2.05, 4.69) is 27.8 Å². The molecule has 0 saturated carbocycles. The van der Waals surface area contributed by atoms with Gasteiger partial charge in [0, 0.05) is 48.9 Å². The van der Waals surface area contributed by atoms with Crippen molar-refractivity contribution in [3.63, 3.8) is 0 Å². The molecule has 1 aromatic carbocycles. The molecule has 0 bridgehead atoms. The number of morpholine rings is 1. The number of carbonyl (C=O) groups excluding carboxylic acids is 1. The number of pyridine rings is 1. The van der Waals surface area contributed by atoms with Crippen molar-refractivity contribution in [2.45, 2.75) is 39.4 Å². The first-order valence-corrected chi connectivity index (χ1v) is 11.0. The molecule has 2 aromatic rings. The lowest BCUT2D eigenvalue weighted by Crippen LogP contribution is -2.51. The Kier molecular flexibility index (Phi) is 5.87. The highest BCUT2D eigenvalue weighted by Gasteiger charge is 2.40. The Labute approximate surface area is 183 Å².